The molecule has 4 rings (SSSR count). The molecule has 2 aliphatic rings. The smallest absolute Gasteiger partial charge is 0.224 e. The van der Waals surface area contributed by atoms with Gasteiger partial charge in [0.2, 0.25) is 11.8 Å². The Kier molecular flexibility index (Phi) is 7.23. The molecule has 31 heavy (non-hydrogen) atoms. The van der Waals surface area contributed by atoms with Gasteiger partial charge < -0.3 is 20.1 Å². The van der Waals surface area contributed by atoms with Crippen molar-refractivity contribution in [3.05, 3.63) is 18.0 Å². The molecule has 7 nitrogen and oxygen atoms in total. The zero-order valence-electron chi connectivity index (χ0n) is 19.2. The van der Waals surface area contributed by atoms with Crippen molar-refractivity contribution in [2.24, 2.45) is 0 Å². The van der Waals surface area contributed by atoms with Gasteiger partial charge in [-0.25, -0.2) is 15.0 Å². The highest BCUT2D eigenvalue weighted by molar-refractivity contribution is 5.86. The van der Waals surface area contributed by atoms with Crippen molar-refractivity contribution in [1.82, 2.24) is 19.9 Å². The van der Waals surface area contributed by atoms with E-state index in [4.69, 9.17) is 14.7 Å². The molecule has 170 valence electrons. The van der Waals surface area contributed by atoms with Crippen molar-refractivity contribution in [3.63, 3.8) is 0 Å². The summed E-state index contributed by atoms with van der Waals surface area (Å²) in [6.07, 6.45) is 11.7. The molecular weight excluding hydrogens is 390 g/mol. The zero-order chi connectivity index (χ0) is 21.8. The van der Waals surface area contributed by atoms with Crippen LogP contribution in [-0.2, 0) is 0 Å². The van der Waals surface area contributed by atoms with Gasteiger partial charge in [0.15, 0.2) is 0 Å². The number of rotatable bonds is 7. The quantitative estimate of drug-likeness (QED) is 0.688. The monoisotopic (exact) mass is 427 g/mol. The molecule has 0 spiro atoms. The first-order valence-corrected chi connectivity index (χ1v) is 12.0. The lowest BCUT2D eigenvalue weighted by molar-refractivity contribution is 0.111. The second-order valence-electron chi connectivity index (χ2n) is 9.43. The van der Waals surface area contributed by atoms with E-state index in [1.54, 1.807) is 0 Å². The van der Waals surface area contributed by atoms with Crippen LogP contribution in [0.4, 0.5) is 5.95 Å². The number of aliphatic hydroxyl groups excluding tert-OH is 1. The fourth-order valence-corrected chi connectivity index (χ4v) is 4.85. The molecule has 7 heteroatoms. The maximum Gasteiger partial charge on any atom is 0.224 e. The first-order valence-electron chi connectivity index (χ1n) is 12.0. The molecule has 2 N–H and O–H groups in total. The molecule has 0 bridgehead atoms. The van der Waals surface area contributed by atoms with Gasteiger partial charge in [-0.2, -0.15) is 0 Å². The van der Waals surface area contributed by atoms with Crippen LogP contribution in [0.5, 0.6) is 5.88 Å². The van der Waals surface area contributed by atoms with Gasteiger partial charge in [-0.3, -0.25) is 0 Å². The van der Waals surface area contributed by atoms with Crippen molar-refractivity contribution in [2.75, 3.05) is 25.5 Å². The molecule has 2 aromatic heterocycles. The van der Waals surface area contributed by atoms with Crippen LogP contribution in [0.1, 0.15) is 76.7 Å². The Labute approximate surface area is 185 Å². The normalized spacial score (nSPS) is 24.3. The summed E-state index contributed by atoms with van der Waals surface area (Å²) < 4.78 is 6.36. The van der Waals surface area contributed by atoms with Gasteiger partial charge >= 0.3 is 0 Å². The molecule has 1 saturated carbocycles. The maximum atomic E-state index is 9.95. The Balaban J connectivity index is 1.65. The van der Waals surface area contributed by atoms with Crippen molar-refractivity contribution < 1.29 is 9.84 Å². The number of aliphatic hydroxyl groups is 1. The maximum absolute atomic E-state index is 9.95. The Bertz CT molecular complexity index is 860. The molecule has 1 aliphatic heterocycles. The van der Waals surface area contributed by atoms with Crippen LogP contribution in [-0.4, -0.2) is 63.3 Å². The molecule has 1 saturated heterocycles. The molecule has 0 aromatic carbocycles. The lowest BCUT2D eigenvalue weighted by Gasteiger charge is -2.30. The number of nitrogens with one attached hydrogen (secondary N) is 1. The SMILES string of the molecule is CCC[C@H](C)Nc1ncc2c(OC3CCN(C)CC3)ncc([C@H]3CC[C@H](O)CC3)c2n1. The van der Waals surface area contributed by atoms with Crippen molar-refractivity contribution in [2.45, 2.75) is 89.4 Å². The first-order chi connectivity index (χ1) is 15.0. The van der Waals surface area contributed by atoms with Crippen molar-refractivity contribution >= 4 is 16.9 Å². The van der Waals surface area contributed by atoms with Crippen LogP contribution in [0, 0.1) is 0 Å². The summed E-state index contributed by atoms with van der Waals surface area (Å²) in [4.78, 5) is 16.6. The highest BCUT2D eigenvalue weighted by Crippen LogP contribution is 2.38. The minimum absolute atomic E-state index is 0.177. The summed E-state index contributed by atoms with van der Waals surface area (Å²) in [5.74, 6) is 1.69. The van der Waals surface area contributed by atoms with E-state index in [1.807, 2.05) is 12.4 Å². The van der Waals surface area contributed by atoms with Crippen LogP contribution in [0.3, 0.4) is 0 Å². The van der Waals surface area contributed by atoms with Crippen LogP contribution in [0.25, 0.3) is 10.9 Å². The number of aromatic nitrogens is 3. The number of hydrogen-bond acceptors (Lipinski definition) is 7. The molecule has 0 amide bonds. The van der Waals surface area contributed by atoms with Crippen LogP contribution < -0.4 is 10.1 Å². The molecular formula is C24H37N5O2. The number of anilines is 1. The minimum atomic E-state index is -0.177. The largest absolute Gasteiger partial charge is 0.474 e. The predicted molar refractivity (Wildman–Crippen MR) is 124 cm³/mol. The van der Waals surface area contributed by atoms with Crippen LogP contribution in [0.15, 0.2) is 12.4 Å². The fourth-order valence-electron chi connectivity index (χ4n) is 4.85. The summed E-state index contributed by atoms with van der Waals surface area (Å²) in [6.45, 7) is 6.45. The number of nitrogens with zero attached hydrogens (tertiary/aromatic N) is 4. The molecule has 2 fully saturated rings. The third-order valence-electron chi connectivity index (χ3n) is 6.79. The average molecular weight is 428 g/mol. The average Bonchev–Trinajstić information content (AvgIpc) is 2.76. The number of fused-ring (bicyclic) bond motifs is 1. The molecule has 1 aliphatic carbocycles. The van der Waals surface area contributed by atoms with Gasteiger partial charge in [-0.15, -0.1) is 0 Å². The number of ether oxygens (including phenoxy) is 1. The van der Waals surface area contributed by atoms with Gasteiger partial charge in [-0.05, 0) is 64.8 Å². The highest BCUT2D eigenvalue weighted by atomic mass is 16.5. The Morgan fingerprint density at radius 2 is 1.87 bits per heavy atom. The summed E-state index contributed by atoms with van der Waals surface area (Å²) in [5, 5.41) is 14.3. The summed E-state index contributed by atoms with van der Waals surface area (Å²) in [5.41, 5.74) is 2.10. The number of pyridine rings is 1. The number of likely N-dealkylation sites (tertiary alicyclic amines) is 1. The van der Waals surface area contributed by atoms with E-state index >= 15 is 0 Å². The lowest BCUT2D eigenvalue weighted by Crippen LogP contribution is -2.35. The first kappa shape index (κ1) is 22.2. The van der Waals surface area contributed by atoms with E-state index in [1.165, 1.54) is 0 Å². The van der Waals surface area contributed by atoms with E-state index in [9.17, 15) is 5.11 Å². The van der Waals surface area contributed by atoms with Crippen molar-refractivity contribution in [3.8, 4) is 5.88 Å². The van der Waals surface area contributed by atoms with Gasteiger partial charge in [0.25, 0.3) is 0 Å². The predicted octanol–water partition coefficient (Wildman–Crippen LogP) is 4.12. The Hall–Kier alpha value is -1.99. The van der Waals surface area contributed by atoms with Gasteiger partial charge in [0.05, 0.1) is 17.0 Å². The van der Waals surface area contributed by atoms with E-state index < -0.39 is 0 Å². The van der Waals surface area contributed by atoms with Gasteiger partial charge in [0, 0.05) is 37.1 Å². The second-order valence-corrected chi connectivity index (χ2v) is 9.43. The zero-order valence-corrected chi connectivity index (χ0v) is 19.2. The molecule has 0 radical (unpaired) electrons. The van der Waals surface area contributed by atoms with Gasteiger partial charge in [-0.1, -0.05) is 13.3 Å². The third kappa shape index (κ3) is 5.44. The number of hydrogen-bond donors (Lipinski definition) is 2. The van der Waals surface area contributed by atoms with E-state index in [2.05, 4.69) is 36.1 Å². The molecule has 1 atom stereocenters. The lowest BCUT2D eigenvalue weighted by atomic mass is 9.83. The Morgan fingerprint density at radius 3 is 2.58 bits per heavy atom. The van der Waals surface area contributed by atoms with E-state index in [-0.39, 0.29) is 12.2 Å². The molecule has 3 heterocycles. The topological polar surface area (TPSA) is 83.4 Å². The summed E-state index contributed by atoms with van der Waals surface area (Å²) >= 11 is 0. The fraction of sp³-hybridized carbons (Fsp3) is 0.708. The third-order valence-corrected chi connectivity index (χ3v) is 6.79. The molecule has 0 unspecified atom stereocenters. The summed E-state index contributed by atoms with van der Waals surface area (Å²) in [6, 6.07) is 0.326. The Morgan fingerprint density at radius 1 is 1.13 bits per heavy atom. The second kappa shape index (κ2) is 10.1. The van der Waals surface area contributed by atoms with Crippen LogP contribution >= 0.6 is 0 Å². The summed E-state index contributed by atoms with van der Waals surface area (Å²) in [7, 11) is 2.15. The van der Waals surface area contributed by atoms with Gasteiger partial charge in [0.1, 0.15) is 6.10 Å². The molecule has 2 aromatic rings. The van der Waals surface area contributed by atoms with E-state index in [0.717, 1.165) is 80.9 Å². The minimum Gasteiger partial charge on any atom is -0.474 e. The standard InChI is InChI=1S/C24H37N5O2/c1-4-5-16(2)27-24-26-15-21-22(28-24)20(17-6-8-18(30)9-7-17)14-25-23(21)31-19-10-12-29(3)13-11-19/h14-19,30H,4-13H2,1-3H3,(H,26,27,28)/t16-,17-,18-/m0/s1. The highest BCUT2D eigenvalue weighted by Gasteiger charge is 2.26. The van der Waals surface area contributed by atoms with Crippen molar-refractivity contribution in [1.29, 1.82) is 0 Å². The van der Waals surface area contributed by atoms with E-state index in [0.29, 0.717) is 23.8 Å². The number of piperidine rings is 1. The van der Waals surface area contributed by atoms with Crippen LogP contribution in [0.2, 0.25) is 0 Å².